The summed E-state index contributed by atoms with van der Waals surface area (Å²) in [4.78, 5) is 23.3. The van der Waals surface area contributed by atoms with Gasteiger partial charge in [-0.1, -0.05) is 87.4 Å². The van der Waals surface area contributed by atoms with Crippen LogP contribution < -0.4 is 16.1 Å². The minimum atomic E-state index is -3.08. The van der Waals surface area contributed by atoms with Crippen LogP contribution in [0.25, 0.3) is 11.2 Å². The third kappa shape index (κ3) is 4.92. The molecule has 2 aromatic heterocycles. The van der Waals surface area contributed by atoms with Gasteiger partial charge in [-0.05, 0) is 15.4 Å². The Hall–Kier alpha value is -4.31. The first-order valence-electron chi connectivity index (χ1n) is 13.0. The van der Waals surface area contributed by atoms with Gasteiger partial charge >= 0.3 is 12.2 Å². The van der Waals surface area contributed by atoms with E-state index >= 15 is 0 Å². The molecular weight excluding hydrogens is 545 g/mol. The van der Waals surface area contributed by atoms with E-state index in [1.807, 2.05) is 60.7 Å². The Morgan fingerprint density at radius 1 is 1.20 bits per heavy atom. The van der Waals surface area contributed by atoms with Gasteiger partial charge in [-0.3, -0.25) is 4.57 Å². The zero-order valence-corrected chi connectivity index (χ0v) is 23.8. The van der Waals surface area contributed by atoms with E-state index in [0.29, 0.717) is 0 Å². The lowest BCUT2D eigenvalue weighted by Crippen LogP contribution is -2.68. The lowest BCUT2D eigenvalue weighted by Gasteiger charge is -2.44. The topological polar surface area (TPSA) is 135 Å². The number of nitrogens with two attached hydrogens (primary N) is 1. The van der Waals surface area contributed by atoms with E-state index in [4.69, 9.17) is 26.1 Å². The Balaban J connectivity index is 1.59. The quantitative estimate of drug-likeness (QED) is 0.147. The predicted octanol–water partition coefficient (Wildman–Crippen LogP) is 3.48. The number of carbonyl (C=O) groups is 1. The normalized spacial score (nSPS) is 21.0. The highest BCUT2D eigenvalue weighted by molar-refractivity contribution is 6.99. The van der Waals surface area contributed by atoms with Crippen LogP contribution in [0.5, 0.6) is 0 Å². The van der Waals surface area contributed by atoms with Crippen LogP contribution in [-0.2, 0) is 13.9 Å². The van der Waals surface area contributed by atoms with Crippen molar-refractivity contribution in [3.8, 4) is 12.3 Å². The largest absolute Gasteiger partial charge is 0.506 e. The summed E-state index contributed by atoms with van der Waals surface area (Å²) >= 11 is 0. The van der Waals surface area contributed by atoms with Crippen molar-refractivity contribution >= 4 is 41.8 Å². The van der Waals surface area contributed by atoms with Gasteiger partial charge in [0.15, 0.2) is 28.7 Å². The first-order valence-corrected chi connectivity index (χ1v) is 14.9. The van der Waals surface area contributed by atoms with Crippen molar-refractivity contribution < 1.29 is 28.2 Å². The van der Waals surface area contributed by atoms with Crippen molar-refractivity contribution in [2.75, 3.05) is 12.3 Å². The second-order valence-electron chi connectivity index (χ2n) is 10.9. The third-order valence-electron chi connectivity index (χ3n) is 7.42. The number of hydrogen-bond donors (Lipinski definition) is 2. The molecule has 0 radical (unpaired) electrons. The molecule has 10 nitrogen and oxygen atoms in total. The molecule has 41 heavy (non-hydrogen) atoms. The first-order chi connectivity index (χ1) is 19.5. The maximum atomic E-state index is 14.1. The molecule has 0 bridgehead atoms. The molecule has 4 aromatic rings. The van der Waals surface area contributed by atoms with Crippen LogP contribution in [0, 0.1) is 18.4 Å². The maximum Gasteiger partial charge on any atom is 0.506 e. The second kappa shape index (κ2) is 10.6. The summed E-state index contributed by atoms with van der Waals surface area (Å²) in [6.45, 7) is 6.16. The van der Waals surface area contributed by atoms with Crippen LogP contribution in [0.2, 0.25) is 5.04 Å². The molecule has 3 N–H and O–H groups in total. The lowest BCUT2D eigenvalue weighted by atomic mass is 9.99. The number of ether oxygens (including phenoxy) is 2. The molecule has 3 unspecified atom stereocenters. The van der Waals surface area contributed by atoms with Gasteiger partial charge in [0, 0.05) is 6.42 Å². The number of hydrogen-bond acceptors (Lipinski definition) is 8. The Labute approximate surface area is 237 Å². The summed E-state index contributed by atoms with van der Waals surface area (Å²) < 4.78 is 34.2. The van der Waals surface area contributed by atoms with Crippen molar-refractivity contribution in [1.82, 2.24) is 19.5 Å². The monoisotopic (exact) mass is 575 g/mol. The zero-order chi connectivity index (χ0) is 29.4. The summed E-state index contributed by atoms with van der Waals surface area (Å²) in [6.07, 6.45) is 2.88. The molecule has 5 rings (SSSR count). The van der Waals surface area contributed by atoms with Gasteiger partial charge in [0.2, 0.25) is 0 Å². The fourth-order valence-corrected chi connectivity index (χ4v) is 10.2. The Bertz CT molecular complexity index is 1570. The van der Waals surface area contributed by atoms with Crippen LogP contribution in [0.4, 0.5) is 15.0 Å². The fourth-order valence-electron chi connectivity index (χ4n) is 5.57. The zero-order valence-electron chi connectivity index (χ0n) is 22.8. The highest BCUT2D eigenvalue weighted by Crippen LogP contribution is 2.43. The van der Waals surface area contributed by atoms with E-state index in [0.717, 1.165) is 10.4 Å². The smallest absolute Gasteiger partial charge is 0.450 e. The lowest BCUT2D eigenvalue weighted by molar-refractivity contribution is -0.0919. The minimum Gasteiger partial charge on any atom is -0.450 e. The molecule has 3 atom stereocenters. The van der Waals surface area contributed by atoms with E-state index in [-0.39, 0.29) is 35.0 Å². The molecule has 0 amide bonds. The minimum absolute atomic E-state index is 0.00239. The molecule has 0 saturated carbocycles. The molecule has 1 aliphatic heterocycles. The summed E-state index contributed by atoms with van der Waals surface area (Å²) in [5.74, 6) is 2.51. The second-order valence-corrected chi connectivity index (χ2v) is 15.2. The number of aromatic nitrogens is 4. The summed E-state index contributed by atoms with van der Waals surface area (Å²) in [6, 6.07) is 19.9. The van der Waals surface area contributed by atoms with E-state index in [2.05, 4.69) is 41.6 Å². The standard InChI is InChI=1S/C29H30FN5O5Si/c1-5-29(17-38-41(28(2,3)4,19-12-8-6-9-13-19)20-14-10-7-11-15-20)21(39-27(36)37)16-22(40-29)35-18-32-23-24(31)33-26(30)34-25(23)35/h1,6-15,18,21-22H,16-17H2,2-4H3,(H,36,37)(H2,31,33,34). The molecular formula is C29H30FN5O5Si. The number of halogens is 1. The van der Waals surface area contributed by atoms with Crippen LogP contribution in [-0.4, -0.2) is 57.4 Å². The molecule has 212 valence electrons. The SMILES string of the molecule is C#CC1(CO[Si](c2ccccc2)(c2ccccc2)C(C)(C)C)OC(n2cnc3c(N)nc(F)nc32)CC1OC(=O)O. The number of imidazole rings is 1. The van der Waals surface area contributed by atoms with Crippen molar-refractivity contribution in [2.24, 2.45) is 0 Å². The molecule has 3 heterocycles. The molecule has 2 aromatic carbocycles. The van der Waals surface area contributed by atoms with Gasteiger partial charge in [0.1, 0.15) is 6.23 Å². The van der Waals surface area contributed by atoms with E-state index in [1.165, 1.54) is 10.9 Å². The molecule has 0 spiro atoms. The van der Waals surface area contributed by atoms with Gasteiger partial charge in [0.25, 0.3) is 8.32 Å². The number of carboxylic acid groups (broad SMARTS) is 1. The van der Waals surface area contributed by atoms with Crippen molar-refractivity contribution in [1.29, 1.82) is 0 Å². The number of fused-ring (bicyclic) bond motifs is 1. The maximum absolute atomic E-state index is 14.1. The van der Waals surface area contributed by atoms with Crippen molar-refractivity contribution in [3.63, 3.8) is 0 Å². The van der Waals surface area contributed by atoms with E-state index in [1.54, 1.807) is 0 Å². The first kappa shape index (κ1) is 28.2. The van der Waals surface area contributed by atoms with E-state index < -0.39 is 38.5 Å². The van der Waals surface area contributed by atoms with Crippen LogP contribution in [0.1, 0.15) is 33.4 Å². The molecule has 1 saturated heterocycles. The van der Waals surface area contributed by atoms with Crippen molar-refractivity contribution in [2.45, 2.75) is 50.2 Å². The third-order valence-corrected chi connectivity index (χ3v) is 12.4. The Kier molecular flexibility index (Phi) is 7.29. The number of anilines is 1. The number of rotatable bonds is 7. The van der Waals surface area contributed by atoms with Gasteiger partial charge in [-0.25, -0.2) is 9.78 Å². The Morgan fingerprint density at radius 3 is 2.34 bits per heavy atom. The Morgan fingerprint density at radius 2 is 1.80 bits per heavy atom. The summed E-state index contributed by atoms with van der Waals surface area (Å²) in [5.41, 5.74) is 4.46. The average Bonchev–Trinajstić information content (AvgIpc) is 3.51. The number of terminal acetylenes is 1. The van der Waals surface area contributed by atoms with Gasteiger partial charge in [0.05, 0.1) is 12.9 Å². The van der Waals surface area contributed by atoms with Gasteiger partial charge < -0.3 is 24.7 Å². The highest BCUT2D eigenvalue weighted by atomic mass is 28.4. The molecule has 12 heteroatoms. The highest BCUT2D eigenvalue weighted by Gasteiger charge is 2.56. The van der Waals surface area contributed by atoms with Crippen LogP contribution >= 0.6 is 0 Å². The molecule has 1 fully saturated rings. The average molecular weight is 576 g/mol. The number of nitrogen functional groups attached to an aromatic ring is 1. The predicted molar refractivity (Wildman–Crippen MR) is 152 cm³/mol. The van der Waals surface area contributed by atoms with Crippen LogP contribution in [0.15, 0.2) is 67.0 Å². The van der Waals surface area contributed by atoms with Crippen molar-refractivity contribution in [3.05, 3.63) is 73.1 Å². The van der Waals surface area contributed by atoms with Gasteiger partial charge in [-0.15, -0.1) is 6.42 Å². The molecule has 0 aliphatic carbocycles. The summed E-state index contributed by atoms with van der Waals surface area (Å²) in [5, 5.41) is 11.2. The summed E-state index contributed by atoms with van der Waals surface area (Å²) in [7, 11) is -3.08. The number of nitrogens with zero attached hydrogens (tertiary/aromatic N) is 4. The van der Waals surface area contributed by atoms with Crippen LogP contribution in [0.3, 0.4) is 0 Å². The fraction of sp³-hybridized carbons (Fsp3) is 0.310. The van der Waals surface area contributed by atoms with E-state index in [9.17, 15) is 14.3 Å². The number of benzene rings is 2. The molecule has 1 aliphatic rings. The van der Waals surface area contributed by atoms with Gasteiger partial charge in [-0.2, -0.15) is 14.4 Å².